The zero-order valence-electron chi connectivity index (χ0n) is 14.7. The van der Waals surface area contributed by atoms with Gasteiger partial charge in [0.25, 0.3) is 5.91 Å². The standard InChI is InChI=1S/C21H21N3O2/c1-26-19-8-3-6-17(14-19)20-9-12-24(20)21(25)18-7-2-5-16(13-18)15-23-11-4-10-22-23/h2-8,10-11,13-14,20H,9,12,15H2,1H3/t20-/m1/s1. The fourth-order valence-electron chi connectivity index (χ4n) is 3.38. The molecule has 5 heteroatoms. The number of benzene rings is 2. The lowest BCUT2D eigenvalue weighted by atomic mass is 9.93. The lowest BCUT2D eigenvalue weighted by Crippen LogP contribution is -2.45. The number of likely N-dealkylation sites (tertiary alicyclic amines) is 1. The Balaban J connectivity index is 1.52. The third kappa shape index (κ3) is 3.20. The summed E-state index contributed by atoms with van der Waals surface area (Å²) in [6.45, 7) is 1.44. The van der Waals surface area contributed by atoms with Crippen molar-refractivity contribution in [1.29, 1.82) is 0 Å². The van der Waals surface area contributed by atoms with Gasteiger partial charge in [0.2, 0.25) is 0 Å². The van der Waals surface area contributed by atoms with Crippen molar-refractivity contribution in [1.82, 2.24) is 14.7 Å². The first kappa shape index (κ1) is 16.4. The lowest BCUT2D eigenvalue weighted by Gasteiger charge is -2.41. The highest BCUT2D eigenvalue weighted by Crippen LogP contribution is 2.35. The molecule has 1 amide bonds. The molecule has 5 nitrogen and oxygen atoms in total. The van der Waals surface area contributed by atoms with E-state index in [0.29, 0.717) is 6.54 Å². The van der Waals surface area contributed by atoms with Gasteiger partial charge in [-0.3, -0.25) is 9.48 Å². The van der Waals surface area contributed by atoms with E-state index in [4.69, 9.17) is 4.74 Å². The van der Waals surface area contributed by atoms with Gasteiger partial charge in [0, 0.05) is 24.5 Å². The molecule has 26 heavy (non-hydrogen) atoms. The van der Waals surface area contributed by atoms with E-state index in [2.05, 4.69) is 11.2 Å². The Morgan fingerprint density at radius 1 is 1.19 bits per heavy atom. The first-order valence-electron chi connectivity index (χ1n) is 8.76. The van der Waals surface area contributed by atoms with Crippen LogP contribution in [0.5, 0.6) is 5.75 Å². The lowest BCUT2D eigenvalue weighted by molar-refractivity contribution is 0.0460. The third-order valence-electron chi connectivity index (χ3n) is 4.84. The molecule has 1 fully saturated rings. The number of carbonyl (C=O) groups excluding carboxylic acids is 1. The normalized spacial score (nSPS) is 16.2. The summed E-state index contributed by atoms with van der Waals surface area (Å²) in [7, 11) is 1.66. The summed E-state index contributed by atoms with van der Waals surface area (Å²) >= 11 is 0. The maximum atomic E-state index is 13.0. The van der Waals surface area contributed by atoms with E-state index >= 15 is 0 Å². The predicted molar refractivity (Wildman–Crippen MR) is 99.2 cm³/mol. The Bertz CT molecular complexity index is 905. The number of rotatable bonds is 5. The molecule has 4 rings (SSSR count). The summed E-state index contributed by atoms with van der Waals surface area (Å²) in [5.74, 6) is 0.898. The fraction of sp³-hybridized carbons (Fsp3) is 0.238. The Morgan fingerprint density at radius 3 is 2.81 bits per heavy atom. The molecule has 1 atom stereocenters. The van der Waals surface area contributed by atoms with Gasteiger partial charge in [-0.1, -0.05) is 24.3 Å². The van der Waals surface area contributed by atoms with E-state index in [0.717, 1.165) is 35.4 Å². The van der Waals surface area contributed by atoms with Crippen molar-refractivity contribution in [2.75, 3.05) is 13.7 Å². The van der Waals surface area contributed by atoms with Crippen molar-refractivity contribution in [3.05, 3.63) is 83.7 Å². The molecular formula is C21H21N3O2. The molecule has 0 spiro atoms. The van der Waals surface area contributed by atoms with E-state index in [-0.39, 0.29) is 11.9 Å². The fourth-order valence-corrected chi connectivity index (χ4v) is 3.38. The van der Waals surface area contributed by atoms with Crippen LogP contribution in [0.2, 0.25) is 0 Å². The van der Waals surface area contributed by atoms with Gasteiger partial charge >= 0.3 is 0 Å². The molecule has 0 saturated carbocycles. The van der Waals surface area contributed by atoms with Crippen LogP contribution < -0.4 is 4.74 Å². The maximum absolute atomic E-state index is 13.0. The summed E-state index contributed by atoms with van der Waals surface area (Å²) in [5.41, 5.74) is 2.91. The minimum absolute atomic E-state index is 0.0754. The number of amides is 1. The molecular weight excluding hydrogens is 326 g/mol. The molecule has 1 aliphatic rings. The van der Waals surface area contributed by atoms with Gasteiger partial charge in [-0.15, -0.1) is 0 Å². The number of hydrogen-bond acceptors (Lipinski definition) is 3. The topological polar surface area (TPSA) is 47.4 Å². The first-order chi connectivity index (χ1) is 12.7. The Labute approximate surface area is 152 Å². The maximum Gasteiger partial charge on any atom is 0.254 e. The smallest absolute Gasteiger partial charge is 0.254 e. The van der Waals surface area contributed by atoms with Crippen molar-refractivity contribution in [2.24, 2.45) is 0 Å². The van der Waals surface area contributed by atoms with E-state index in [1.165, 1.54) is 0 Å². The second-order valence-corrected chi connectivity index (χ2v) is 6.48. The van der Waals surface area contributed by atoms with Crippen molar-refractivity contribution in [2.45, 2.75) is 19.0 Å². The van der Waals surface area contributed by atoms with Gasteiger partial charge in [-0.05, 0) is 47.9 Å². The monoisotopic (exact) mass is 347 g/mol. The molecule has 1 aromatic heterocycles. The summed E-state index contributed by atoms with van der Waals surface area (Å²) in [6, 6.07) is 17.8. The van der Waals surface area contributed by atoms with Crippen molar-refractivity contribution < 1.29 is 9.53 Å². The van der Waals surface area contributed by atoms with Crippen LogP contribution in [0.15, 0.2) is 67.0 Å². The molecule has 0 N–H and O–H groups in total. The second-order valence-electron chi connectivity index (χ2n) is 6.48. The molecule has 2 aromatic carbocycles. The van der Waals surface area contributed by atoms with Crippen molar-refractivity contribution in [3.63, 3.8) is 0 Å². The van der Waals surface area contributed by atoms with E-state index < -0.39 is 0 Å². The highest BCUT2D eigenvalue weighted by atomic mass is 16.5. The highest BCUT2D eigenvalue weighted by Gasteiger charge is 2.34. The number of methoxy groups -OCH3 is 1. The second kappa shape index (κ2) is 7.04. The average molecular weight is 347 g/mol. The number of nitrogens with zero attached hydrogens (tertiary/aromatic N) is 3. The summed E-state index contributed by atoms with van der Waals surface area (Å²) in [6.07, 6.45) is 4.66. The van der Waals surface area contributed by atoms with Gasteiger partial charge < -0.3 is 9.64 Å². The first-order valence-corrected chi connectivity index (χ1v) is 8.76. The van der Waals surface area contributed by atoms with Crippen LogP contribution in [0.1, 0.15) is 33.9 Å². The van der Waals surface area contributed by atoms with E-state index in [9.17, 15) is 4.79 Å². The molecule has 0 bridgehead atoms. The van der Waals surface area contributed by atoms with Crippen molar-refractivity contribution >= 4 is 5.91 Å². The van der Waals surface area contributed by atoms with E-state index in [1.807, 2.05) is 64.3 Å². The Morgan fingerprint density at radius 2 is 2.08 bits per heavy atom. The molecule has 3 aromatic rings. The quantitative estimate of drug-likeness (QED) is 0.709. The van der Waals surface area contributed by atoms with Crippen LogP contribution in [-0.2, 0) is 6.54 Å². The molecule has 2 heterocycles. The van der Waals surface area contributed by atoms with E-state index in [1.54, 1.807) is 13.3 Å². The molecule has 132 valence electrons. The average Bonchev–Trinajstić information content (AvgIpc) is 3.14. The SMILES string of the molecule is COc1cccc([C@H]2CCN2C(=O)c2cccc(Cn3cccn3)c2)c1. The van der Waals surface area contributed by atoms with Gasteiger partial charge in [0.1, 0.15) is 5.75 Å². The third-order valence-corrected chi connectivity index (χ3v) is 4.84. The molecule has 0 aliphatic carbocycles. The van der Waals surface area contributed by atoms with Gasteiger partial charge in [-0.25, -0.2) is 0 Å². The highest BCUT2D eigenvalue weighted by molar-refractivity contribution is 5.95. The number of hydrogen-bond donors (Lipinski definition) is 0. The predicted octanol–water partition coefficient (Wildman–Crippen LogP) is 3.53. The van der Waals surface area contributed by atoms with Crippen LogP contribution in [0.4, 0.5) is 0 Å². The Hall–Kier alpha value is -3.08. The van der Waals surface area contributed by atoms with Gasteiger partial charge in [-0.2, -0.15) is 5.10 Å². The number of carbonyl (C=O) groups is 1. The molecule has 0 unspecified atom stereocenters. The van der Waals surface area contributed by atoms with Crippen molar-refractivity contribution in [3.8, 4) is 5.75 Å². The zero-order valence-corrected chi connectivity index (χ0v) is 14.7. The minimum atomic E-state index is 0.0754. The summed E-state index contributed by atoms with van der Waals surface area (Å²) < 4.78 is 7.16. The Kier molecular flexibility index (Phi) is 4.44. The van der Waals surface area contributed by atoms with Gasteiger partial charge in [0.05, 0.1) is 19.7 Å². The molecule has 0 radical (unpaired) electrons. The van der Waals surface area contributed by atoms with Gasteiger partial charge in [0.15, 0.2) is 0 Å². The summed E-state index contributed by atoms with van der Waals surface area (Å²) in [5, 5.41) is 4.23. The van der Waals surface area contributed by atoms with Crippen LogP contribution >= 0.6 is 0 Å². The van der Waals surface area contributed by atoms with Crippen LogP contribution in [0.3, 0.4) is 0 Å². The van der Waals surface area contributed by atoms with Crippen LogP contribution in [0.25, 0.3) is 0 Å². The van der Waals surface area contributed by atoms with Crippen LogP contribution in [-0.4, -0.2) is 34.2 Å². The number of ether oxygens (including phenoxy) is 1. The minimum Gasteiger partial charge on any atom is -0.497 e. The number of aromatic nitrogens is 2. The van der Waals surface area contributed by atoms with Crippen LogP contribution in [0, 0.1) is 0 Å². The summed E-state index contributed by atoms with van der Waals surface area (Å²) in [4.78, 5) is 14.9. The molecule has 1 aliphatic heterocycles. The largest absolute Gasteiger partial charge is 0.497 e. The molecule has 1 saturated heterocycles. The zero-order chi connectivity index (χ0) is 17.9.